The summed E-state index contributed by atoms with van der Waals surface area (Å²) in [5.74, 6) is 0.857. The fourth-order valence-electron chi connectivity index (χ4n) is 1.74. The van der Waals surface area contributed by atoms with E-state index < -0.39 is 5.60 Å². The molecule has 0 spiro atoms. The summed E-state index contributed by atoms with van der Waals surface area (Å²) in [4.78, 5) is 13.1. The van der Waals surface area contributed by atoms with Gasteiger partial charge in [-0.1, -0.05) is 26.8 Å². The summed E-state index contributed by atoms with van der Waals surface area (Å²) in [5.41, 5.74) is -0.154. The number of rotatable bonds is 7. The molecule has 0 heterocycles. The zero-order valence-electron chi connectivity index (χ0n) is 11.9. The molecule has 2 N–H and O–H groups in total. The smallest absolute Gasteiger partial charge is 0.251 e. The lowest BCUT2D eigenvalue weighted by Crippen LogP contribution is -2.42. The molecule has 0 saturated carbocycles. The standard InChI is InChI=1S/C15H23NO2S/c1-4-15(18,5-2)11-16-14(17)12-8-7-9-13(10-12)19-6-3/h7-10,18H,4-6,11H2,1-3H3,(H,16,17). The van der Waals surface area contributed by atoms with Crippen molar-refractivity contribution in [2.45, 2.75) is 44.1 Å². The van der Waals surface area contributed by atoms with Gasteiger partial charge >= 0.3 is 0 Å². The largest absolute Gasteiger partial charge is 0.388 e. The molecule has 0 atom stereocenters. The SMILES string of the molecule is CCSc1cccc(C(=O)NCC(O)(CC)CC)c1. The van der Waals surface area contributed by atoms with Crippen LogP contribution in [0.1, 0.15) is 44.0 Å². The molecule has 1 amide bonds. The van der Waals surface area contributed by atoms with E-state index in [0.29, 0.717) is 24.9 Å². The molecule has 0 aliphatic heterocycles. The number of hydrogen-bond acceptors (Lipinski definition) is 3. The molecule has 0 saturated heterocycles. The van der Waals surface area contributed by atoms with Gasteiger partial charge < -0.3 is 10.4 Å². The molecular formula is C15H23NO2S. The maximum atomic E-state index is 12.0. The number of benzene rings is 1. The summed E-state index contributed by atoms with van der Waals surface area (Å²) in [6.07, 6.45) is 1.27. The first kappa shape index (κ1) is 16.1. The lowest BCUT2D eigenvalue weighted by atomic mass is 9.97. The van der Waals surface area contributed by atoms with Crippen molar-refractivity contribution in [2.75, 3.05) is 12.3 Å². The number of amides is 1. The molecule has 0 aliphatic rings. The monoisotopic (exact) mass is 281 g/mol. The second-order valence-electron chi connectivity index (χ2n) is 4.57. The number of thioether (sulfide) groups is 1. The molecule has 19 heavy (non-hydrogen) atoms. The van der Waals surface area contributed by atoms with Crippen LogP contribution in [0, 0.1) is 0 Å². The highest BCUT2D eigenvalue weighted by molar-refractivity contribution is 7.99. The van der Waals surface area contributed by atoms with Gasteiger partial charge in [-0.05, 0) is 36.8 Å². The van der Waals surface area contributed by atoms with Crippen LogP contribution in [0.15, 0.2) is 29.2 Å². The van der Waals surface area contributed by atoms with Crippen molar-refractivity contribution in [1.29, 1.82) is 0 Å². The minimum absolute atomic E-state index is 0.126. The fourth-order valence-corrected chi connectivity index (χ4v) is 2.46. The first-order valence-electron chi connectivity index (χ1n) is 6.78. The average Bonchev–Trinajstić information content (AvgIpc) is 2.45. The topological polar surface area (TPSA) is 49.3 Å². The van der Waals surface area contributed by atoms with E-state index >= 15 is 0 Å². The first-order valence-corrected chi connectivity index (χ1v) is 7.76. The summed E-state index contributed by atoms with van der Waals surface area (Å²) < 4.78 is 0. The molecule has 0 aromatic heterocycles. The number of nitrogens with one attached hydrogen (secondary N) is 1. The maximum Gasteiger partial charge on any atom is 0.251 e. The molecule has 1 rings (SSSR count). The normalized spacial score (nSPS) is 11.4. The van der Waals surface area contributed by atoms with Gasteiger partial charge in [0.1, 0.15) is 0 Å². The highest BCUT2D eigenvalue weighted by Crippen LogP contribution is 2.19. The molecule has 1 aromatic rings. The van der Waals surface area contributed by atoms with Gasteiger partial charge in [0.15, 0.2) is 0 Å². The third-order valence-electron chi connectivity index (χ3n) is 3.30. The van der Waals surface area contributed by atoms with E-state index in [2.05, 4.69) is 12.2 Å². The van der Waals surface area contributed by atoms with Crippen molar-refractivity contribution in [3.63, 3.8) is 0 Å². The Morgan fingerprint density at radius 2 is 2.00 bits per heavy atom. The molecule has 106 valence electrons. The molecule has 1 aromatic carbocycles. The van der Waals surface area contributed by atoms with Crippen molar-refractivity contribution >= 4 is 17.7 Å². The number of hydrogen-bond donors (Lipinski definition) is 2. The van der Waals surface area contributed by atoms with Crippen LogP contribution in [0.3, 0.4) is 0 Å². The molecule has 4 heteroatoms. The minimum atomic E-state index is -0.800. The number of carbonyl (C=O) groups is 1. The Kier molecular flexibility index (Phi) is 6.38. The second-order valence-corrected chi connectivity index (χ2v) is 5.91. The maximum absolute atomic E-state index is 12.0. The van der Waals surface area contributed by atoms with E-state index in [4.69, 9.17) is 0 Å². The van der Waals surface area contributed by atoms with Gasteiger partial charge in [-0.15, -0.1) is 11.8 Å². The summed E-state index contributed by atoms with van der Waals surface area (Å²) in [7, 11) is 0. The highest BCUT2D eigenvalue weighted by Gasteiger charge is 2.22. The summed E-state index contributed by atoms with van der Waals surface area (Å²) >= 11 is 1.71. The van der Waals surface area contributed by atoms with Crippen LogP contribution in [0.4, 0.5) is 0 Å². The Morgan fingerprint density at radius 1 is 1.32 bits per heavy atom. The van der Waals surface area contributed by atoms with Crippen LogP contribution in [0.5, 0.6) is 0 Å². The van der Waals surface area contributed by atoms with E-state index in [0.717, 1.165) is 10.6 Å². The van der Waals surface area contributed by atoms with Crippen molar-refractivity contribution < 1.29 is 9.90 Å². The summed E-state index contributed by atoms with van der Waals surface area (Å²) in [6, 6.07) is 7.57. The van der Waals surface area contributed by atoms with Crippen LogP contribution >= 0.6 is 11.8 Å². The summed E-state index contributed by atoms with van der Waals surface area (Å²) in [6.45, 7) is 6.23. The van der Waals surface area contributed by atoms with Crippen molar-refractivity contribution in [2.24, 2.45) is 0 Å². The fraction of sp³-hybridized carbons (Fsp3) is 0.533. The minimum Gasteiger partial charge on any atom is -0.388 e. The van der Waals surface area contributed by atoms with E-state index in [1.54, 1.807) is 17.8 Å². The van der Waals surface area contributed by atoms with Gasteiger partial charge in [-0.3, -0.25) is 4.79 Å². The van der Waals surface area contributed by atoms with Crippen molar-refractivity contribution in [3.05, 3.63) is 29.8 Å². The zero-order chi connectivity index (χ0) is 14.3. The first-order chi connectivity index (χ1) is 9.04. The molecule has 0 aliphatic carbocycles. The predicted molar refractivity (Wildman–Crippen MR) is 80.7 cm³/mol. The predicted octanol–water partition coefficient (Wildman–Crippen LogP) is 3.08. The van der Waals surface area contributed by atoms with E-state index in [9.17, 15) is 9.90 Å². The van der Waals surface area contributed by atoms with Gasteiger partial charge in [-0.25, -0.2) is 0 Å². The average molecular weight is 281 g/mol. The van der Waals surface area contributed by atoms with Crippen LogP contribution in [0.2, 0.25) is 0 Å². The third kappa shape index (κ3) is 4.88. The lowest BCUT2D eigenvalue weighted by Gasteiger charge is -2.25. The Labute approximate surface area is 119 Å². The van der Waals surface area contributed by atoms with Crippen molar-refractivity contribution in [1.82, 2.24) is 5.32 Å². The lowest BCUT2D eigenvalue weighted by molar-refractivity contribution is 0.0314. The zero-order valence-corrected chi connectivity index (χ0v) is 12.7. The van der Waals surface area contributed by atoms with Crippen LogP contribution in [-0.2, 0) is 0 Å². The Bertz CT molecular complexity index is 416. The van der Waals surface area contributed by atoms with Gasteiger partial charge in [0.05, 0.1) is 5.60 Å². The molecule has 0 fully saturated rings. The molecular weight excluding hydrogens is 258 g/mol. The second kappa shape index (κ2) is 7.56. The van der Waals surface area contributed by atoms with Crippen LogP contribution in [0.25, 0.3) is 0 Å². The van der Waals surface area contributed by atoms with Gasteiger partial charge in [0.25, 0.3) is 5.91 Å². The molecule has 3 nitrogen and oxygen atoms in total. The Morgan fingerprint density at radius 3 is 2.58 bits per heavy atom. The highest BCUT2D eigenvalue weighted by atomic mass is 32.2. The Hall–Kier alpha value is -1.00. The van der Waals surface area contributed by atoms with Gasteiger partial charge in [0, 0.05) is 17.0 Å². The number of aliphatic hydroxyl groups is 1. The molecule has 0 radical (unpaired) electrons. The third-order valence-corrected chi connectivity index (χ3v) is 4.18. The van der Waals surface area contributed by atoms with E-state index in [1.165, 1.54) is 0 Å². The molecule has 0 bridgehead atoms. The number of carbonyl (C=O) groups excluding carboxylic acids is 1. The van der Waals surface area contributed by atoms with E-state index in [-0.39, 0.29) is 5.91 Å². The Balaban J connectivity index is 2.65. The van der Waals surface area contributed by atoms with Crippen LogP contribution < -0.4 is 5.32 Å². The quantitative estimate of drug-likeness (QED) is 0.755. The van der Waals surface area contributed by atoms with Gasteiger partial charge in [0.2, 0.25) is 0 Å². The van der Waals surface area contributed by atoms with E-state index in [1.807, 2.05) is 32.0 Å². The van der Waals surface area contributed by atoms with Crippen LogP contribution in [-0.4, -0.2) is 28.9 Å². The summed E-state index contributed by atoms with van der Waals surface area (Å²) in [5, 5.41) is 13.0. The van der Waals surface area contributed by atoms with Crippen molar-refractivity contribution in [3.8, 4) is 0 Å². The molecule has 0 unspecified atom stereocenters. The van der Waals surface area contributed by atoms with Gasteiger partial charge in [-0.2, -0.15) is 0 Å².